The van der Waals surface area contributed by atoms with Crippen LogP contribution in [0.1, 0.15) is 32.6 Å². The van der Waals surface area contributed by atoms with Crippen LogP contribution in [0.2, 0.25) is 0 Å². The molecule has 0 aliphatic heterocycles. The molecule has 7 heteroatoms. The Morgan fingerprint density at radius 3 is 2.86 bits per heavy atom. The van der Waals surface area contributed by atoms with Gasteiger partial charge in [-0.05, 0) is 38.0 Å². The van der Waals surface area contributed by atoms with Crippen LogP contribution in [0.5, 0.6) is 5.75 Å². The van der Waals surface area contributed by atoms with E-state index in [2.05, 4.69) is 10.3 Å². The van der Waals surface area contributed by atoms with Gasteiger partial charge in [-0.15, -0.1) is 12.4 Å². The van der Waals surface area contributed by atoms with Crippen molar-refractivity contribution in [3.05, 3.63) is 18.2 Å². The number of amides is 1. The normalized spacial score (nSPS) is 16.3. The van der Waals surface area contributed by atoms with Crippen LogP contribution in [0, 0.1) is 0 Å². The predicted octanol–water partition coefficient (Wildman–Crippen LogP) is 3.33. The SMILES string of the molecule is CCOc1ccc2nc(NC(=O)C3(N)CCCC3)sc2c1.Cl. The Morgan fingerprint density at radius 2 is 2.18 bits per heavy atom. The maximum Gasteiger partial charge on any atom is 0.246 e. The molecule has 22 heavy (non-hydrogen) atoms. The first-order chi connectivity index (χ1) is 10.1. The van der Waals surface area contributed by atoms with Crippen molar-refractivity contribution in [2.75, 3.05) is 11.9 Å². The van der Waals surface area contributed by atoms with Gasteiger partial charge in [0.2, 0.25) is 5.91 Å². The highest BCUT2D eigenvalue weighted by Crippen LogP contribution is 2.32. The minimum Gasteiger partial charge on any atom is -0.494 e. The first-order valence-corrected chi connectivity index (χ1v) is 8.06. The van der Waals surface area contributed by atoms with Crippen LogP contribution in [0.4, 0.5) is 5.13 Å². The van der Waals surface area contributed by atoms with Crippen molar-refractivity contribution in [1.82, 2.24) is 4.98 Å². The third-order valence-corrected chi connectivity index (χ3v) is 4.77. The van der Waals surface area contributed by atoms with Crippen LogP contribution in [0.25, 0.3) is 10.2 Å². The number of carbonyl (C=O) groups excluding carboxylic acids is 1. The van der Waals surface area contributed by atoms with Gasteiger partial charge in [0.15, 0.2) is 5.13 Å². The zero-order valence-electron chi connectivity index (χ0n) is 12.4. The molecule has 2 aromatic rings. The van der Waals surface area contributed by atoms with Crippen molar-refractivity contribution in [2.24, 2.45) is 5.73 Å². The lowest BCUT2D eigenvalue weighted by molar-refractivity contribution is -0.121. The number of rotatable bonds is 4. The second-order valence-corrected chi connectivity index (χ2v) is 6.43. The van der Waals surface area contributed by atoms with E-state index in [-0.39, 0.29) is 18.3 Å². The largest absolute Gasteiger partial charge is 0.494 e. The molecule has 1 aliphatic carbocycles. The number of nitrogens with two attached hydrogens (primary N) is 1. The third kappa shape index (κ3) is 3.34. The second-order valence-electron chi connectivity index (χ2n) is 5.40. The van der Waals surface area contributed by atoms with Crippen molar-refractivity contribution in [1.29, 1.82) is 0 Å². The minimum absolute atomic E-state index is 0. The van der Waals surface area contributed by atoms with Gasteiger partial charge in [0.05, 0.1) is 22.4 Å². The zero-order chi connectivity index (χ0) is 14.9. The fourth-order valence-electron chi connectivity index (χ4n) is 2.67. The summed E-state index contributed by atoms with van der Waals surface area (Å²) >= 11 is 1.44. The molecule has 120 valence electrons. The lowest BCUT2D eigenvalue weighted by atomic mass is 9.98. The summed E-state index contributed by atoms with van der Waals surface area (Å²) in [6.45, 7) is 2.58. The highest BCUT2D eigenvalue weighted by molar-refractivity contribution is 7.22. The Balaban J connectivity index is 0.00000176. The Hall–Kier alpha value is -1.37. The number of hydrogen-bond donors (Lipinski definition) is 2. The van der Waals surface area contributed by atoms with Gasteiger partial charge < -0.3 is 15.8 Å². The summed E-state index contributed by atoms with van der Waals surface area (Å²) in [5, 5.41) is 3.47. The van der Waals surface area contributed by atoms with Crippen LogP contribution in [-0.4, -0.2) is 23.0 Å². The number of hydrogen-bond acceptors (Lipinski definition) is 5. The summed E-state index contributed by atoms with van der Waals surface area (Å²) in [6.07, 6.45) is 3.53. The number of nitrogens with zero attached hydrogens (tertiary/aromatic N) is 1. The summed E-state index contributed by atoms with van der Waals surface area (Å²) in [7, 11) is 0. The number of nitrogens with one attached hydrogen (secondary N) is 1. The molecule has 1 saturated carbocycles. The molecule has 1 fully saturated rings. The summed E-state index contributed by atoms with van der Waals surface area (Å²) in [5.41, 5.74) is 6.28. The molecule has 0 unspecified atom stereocenters. The van der Waals surface area contributed by atoms with E-state index in [4.69, 9.17) is 10.5 Å². The van der Waals surface area contributed by atoms with Crippen molar-refractivity contribution >= 4 is 45.0 Å². The van der Waals surface area contributed by atoms with E-state index in [1.165, 1.54) is 11.3 Å². The van der Waals surface area contributed by atoms with Crippen molar-refractivity contribution in [3.8, 4) is 5.75 Å². The molecule has 0 saturated heterocycles. The van der Waals surface area contributed by atoms with E-state index in [1.807, 2.05) is 25.1 Å². The molecule has 1 heterocycles. The highest BCUT2D eigenvalue weighted by Gasteiger charge is 2.37. The number of anilines is 1. The Labute approximate surface area is 139 Å². The monoisotopic (exact) mass is 341 g/mol. The minimum atomic E-state index is -0.728. The van der Waals surface area contributed by atoms with Gasteiger partial charge in [-0.3, -0.25) is 4.79 Å². The van der Waals surface area contributed by atoms with E-state index >= 15 is 0 Å². The average molecular weight is 342 g/mol. The zero-order valence-corrected chi connectivity index (χ0v) is 14.1. The second kappa shape index (κ2) is 6.81. The van der Waals surface area contributed by atoms with Gasteiger partial charge in [-0.1, -0.05) is 24.2 Å². The van der Waals surface area contributed by atoms with E-state index in [0.29, 0.717) is 11.7 Å². The van der Waals surface area contributed by atoms with Crippen LogP contribution >= 0.6 is 23.7 Å². The molecule has 3 N–H and O–H groups in total. The Morgan fingerprint density at radius 1 is 1.45 bits per heavy atom. The van der Waals surface area contributed by atoms with E-state index in [1.54, 1.807) is 0 Å². The van der Waals surface area contributed by atoms with Crippen LogP contribution in [0.3, 0.4) is 0 Å². The molecular formula is C15H20ClN3O2S. The molecule has 5 nitrogen and oxygen atoms in total. The molecule has 0 radical (unpaired) electrons. The Kier molecular flexibility index (Phi) is 5.26. The molecule has 1 aromatic carbocycles. The average Bonchev–Trinajstić information content (AvgIpc) is 3.05. The molecule has 0 bridgehead atoms. The number of carbonyl (C=O) groups is 1. The predicted molar refractivity (Wildman–Crippen MR) is 92.1 cm³/mol. The fraction of sp³-hybridized carbons (Fsp3) is 0.467. The molecule has 1 aliphatic rings. The van der Waals surface area contributed by atoms with Gasteiger partial charge in [0.1, 0.15) is 5.75 Å². The van der Waals surface area contributed by atoms with Gasteiger partial charge in [-0.25, -0.2) is 4.98 Å². The van der Waals surface area contributed by atoms with E-state index < -0.39 is 5.54 Å². The summed E-state index contributed by atoms with van der Waals surface area (Å²) in [5.74, 6) is 0.696. The maximum absolute atomic E-state index is 12.3. The van der Waals surface area contributed by atoms with Gasteiger partial charge in [0.25, 0.3) is 0 Å². The summed E-state index contributed by atoms with van der Waals surface area (Å²) in [6, 6.07) is 5.73. The van der Waals surface area contributed by atoms with Gasteiger partial charge in [0, 0.05) is 0 Å². The van der Waals surface area contributed by atoms with Crippen molar-refractivity contribution in [3.63, 3.8) is 0 Å². The van der Waals surface area contributed by atoms with Crippen molar-refractivity contribution in [2.45, 2.75) is 38.1 Å². The topological polar surface area (TPSA) is 77.2 Å². The van der Waals surface area contributed by atoms with Crippen LogP contribution in [-0.2, 0) is 4.79 Å². The lowest BCUT2D eigenvalue weighted by Crippen LogP contribution is -2.48. The molecule has 1 amide bonds. The molecule has 3 rings (SSSR count). The third-order valence-electron chi connectivity index (χ3n) is 3.84. The molecular weight excluding hydrogens is 322 g/mol. The summed E-state index contributed by atoms with van der Waals surface area (Å²) in [4.78, 5) is 16.7. The smallest absolute Gasteiger partial charge is 0.246 e. The van der Waals surface area contributed by atoms with Crippen LogP contribution < -0.4 is 15.8 Å². The van der Waals surface area contributed by atoms with Crippen molar-refractivity contribution < 1.29 is 9.53 Å². The number of halogens is 1. The first kappa shape index (κ1) is 17.0. The van der Waals surface area contributed by atoms with E-state index in [9.17, 15) is 4.79 Å². The summed E-state index contributed by atoms with van der Waals surface area (Å²) < 4.78 is 6.47. The number of benzene rings is 1. The van der Waals surface area contributed by atoms with Gasteiger partial charge in [-0.2, -0.15) is 0 Å². The van der Waals surface area contributed by atoms with Crippen LogP contribution in [0.15, 0.2) is 18.2 Å². The Bertz CT molecular complexity index is 668. The first-order valence-electron chi connectivity index (χ1n) is 7.24. The standard InChI is InChI=1S/C15H19N3O2S.ClH/c1-2-20-10-5-6-11-12(9-10)21-14(17-11)18-13(19)15(16)7-3-4-8-15;/h5-6,9H,2-4,7-8,16H2,1H3,(H,17,18,19);1H. The number of aromatic nitrogens is 1. The number of ether oxygens (including phenoxy) is 1. The lowest BCUT2D eigenvalue weighted by Gasteiger charge is -2.21. The maximum atomic E-state index is 12.3. The van der Waals surface area contributed by atoms with E-state index in [0.717, 1.165) is 41.6 Å². The quantitative estimate of drug-likeness (QED) is 0.894. The van der Waals surface area contributed by atoms with Gasteiger partial charge >= 0.3 is 0 Å². The molecule has 1 aromatic heterocycles. The number of thiazole rings is 1. The fourth-order valence-corrected chi connectivity index (χ4v) is 3.56. The molecule has 0 spiro atoms. The highest BCUT2D eigenvalue weighted by atomic mass is 35.5. The molecule has 0 atom stereocenters. The number of fused-ring (bicyclic) bond motifs is 1.